The molecular weight excluding hydrogens is 258 g/mol. The van der Waals surface area contributed by atoms with E-state index in [0.29, 0.717) is 0 Å². The molecule has 2 heteroatoms. The average Bonchev–Trinajstić information content (AvgIpc) is 2.51. The predicted octanol–water partition coefficient (Wildman–Crippen LogP) is 4.82. The van der Waals surface area contributed by atoms with Gasteiger partial charge in [0.15, 0.2) is 0 Å². The third-order valence-electron chi connectivity index (χ3n) is 4.14. The highest BCUT2D eigenvalue weighted by Gasteiger charge is 2.09. The monoisotopic (exact) mass is 291 g/mol. The fraction of sp³-hybridized carbons (Fsp3) is 0.684. The topological polar surface area (TPSA) is 21.3 Å². The van der Waals surface area contributed by atoms with Crippen molar-refractivity contribution in [2.24, 2.45) is 5.92 Å². The second-order valence-electron chi connectivity index (χ2n) is 6.03. The number of unbranched alkanes of at least 4 members (excludes halogenated alkanes) is 5. The second-order valence-corrected chi connectivity index (χ2v) is 6.03. The summed E-state index contributed by atoms with van der Waals surface area (Å²) >= 11 is 0. The third-order valence-corrected chi connectivity index (χ3v) is 4.14. The molecule has 1 aromatic rings. The summed E-state index contributed by atoms with van der Waals surface area (Å²) in [6.07, 6.45) is 10.8. The normalized spacial score (nSPS) is 12.3. The van der Waals surface area contributed by atoms with Gasteiger partial charge in [-0.3, -0.25) is 0 Å². The summed E-state index contributed by atoms with van der Waals surface area (Å²) in [5.41, 5.74) is 1.42. The van der Waals surface area contributed by atoms with Crippen molar-refractivity contribution in [2.75, 3.05) is 20.7 Å². The standard InChI is InChI=1S/C19H33NO/c1-4-5-6-7-8-9-10-18(16-20-2)15-17-11-13-19(21-3)14-12-17/h11-14,18,20H,4-10,15-16H2,1-3H3. The van der Waals surface area contributed by atoms with Gasteiger partial charge in [-0.25, -0.2) is 0 Å². The van der Waals surface area contributed by atoms with Crippen molar-refractivity contribution < 1.29 is 4.74 Å². The third kappa shape index (κ3) is 8.11. The molecule has 1 atom stereocenters. The molecule has 1 aromatic carbocycles. The fourth-order valence-corrected chi connectivity index (χ4v) is 2.87. The molecule has 2 nitrogen and oxygen atoms in total. The highest BCUT2D eigenvalue weighted by molar-refractivity contribution is 5.27. The van der Waals surface area contributed by atoms with Crippen LogP contribution in [0.4, 0.5) is 0 Å². The Morgan fingerprint density at radius 3 is 2.29 bits per heavy atom. The molecule has 120 valence electrons. The van der Waals surface area contributed by atoms with Gasteiger partial charge in [0.25, 0.3) is 0 Å². The SMILES string of the molecule is CCCCCCCCC(CNC)Cc1ccc(OC)cc1. The van der Waals surface area contributed by atoms with E-state index in [4.69, 9.17) is 4.74 Å². The van der Waals surface area contributed by atoms with Crippen LogP contribution in [0.15, 0.2) is 24.3 Å². The van der Waals surface area contributed by atoms with E-state index in [9.17, 15) is 0 Å². The molecule has 0 fully saturated rings. The Balaban J connectivity index is 2.31. The molecule has 0 radical (unpaired) electrons. The van der Waals surface area contributed by atoms with Crippen LogP contribution in [0.25, 0.3) is 0 Å². The lowest BCUT2D eigenvalue weighted by Gasteiger charge is -2.17. The van der Waals surface area contributed by atoms with E-state index in [2.05, 4.69) is 43.6 Å². The van der Waals surface area contributed by atoms with Gasteiger partial charge in [-0.2, -0.15) is 0 Å². The molecule has 21 heavy (non-hydrogen) atoms. The maximum absolute atomic E-state index is 5.22. The van der Waals surface area contributed by atoms with Gasteiger partial charge in [-0.05, 0) is 50.0 Å². The largest absolute Gasteiger partial charge is 0.497 e. The van der Waals surface area contributed by atoms with Crippen LogP contribution < -0.4 is 10.1 Å². The molecule has 0 bridgehead atoms. The van der Waals surface area contributed by atoms with Crippen molar-refractivity contribution in [3.63, 3.8) is 0 Å². The van der Waals surface area contributed by atoms with E-state index in [1.54, 1.807) is 7.11 Å². The summed E-state index contributed by atoms with van der Waals surface area (Å²) in [4.78, 5) is 0. The van der Waals surface area contributed by atoms with E-state index in [1.165, 1.54) is 56.9 Å². The van der Waals surface area contributed by atoms with E-state index >= 15 is 0 Å². The lowest BCUT2D eigenvalue weighted by Crippen LogP contribution is -2.20. The van der Waals surface area contributed by atoms with E-state index in [-0.39, 0.29) is 0 Å². The van der Waals surface area contributed by atoms with Crippen LogP contribution in [0, 0.1) is 5.92 Å². The Bertz CT molecular complexity index is 347. The number of rotatable bonds is 12. The molecule has 1 N–H and O–H groups in total. The molecule has 1 rings (SSSR count). The first kappa shape index (κ1) is 18.0. The summed E-state index contributed by atoms with van der Waals surface area (Å²) in [5, 5.41) is 3.35. The highest BCUT2D eigenvalue weighted by atomic mass is 16.5. The highest BCUT2D eigenvalue weighted by Crippen LogP contribution is 2.19. The number of hydrogen-bond acceptors (Lipinski definition) is 2. The summed E-state index contributed by atoms with van der Waals surface area (Å²) in [6, 6.07) is 8.53. The summed E-state index contributed by atoms with van der Waals surface area (Å²) in [6.45, 7) is 3.39. The quantitative estimate of drug-likeness (QED) is 0.557. The first-order valence-corrected chi connectivity index (χ1v) is 8.57. The lowest BCUT2D eigenvalue weighted by atomic mass is 9.93. The Morgan fingerprint density at radius 1 is 1.00 bits per heavy atom. The van der Waals surface area contributed by atoms with Crippen LogP contribution in [0.3, 0.4) is 0 Å². The van der Waals surface area contributed by atoms with Gasteiger partial charge in [0.05, 0.1) is 7.11 Å². The van der Waals surface area contributed by atoms with Gasteiger partial charge < -0.3 is 10.1 Å². The van der Waals surface area contributed by atoms with Crippen LogP contribution in [0.1, 0.15) is 57.4 Å². The molecular formula is C19H33NO. The van der Waals surface area contributed by atoms with Gasteiger partial charge in [-0.1, -0.05) is 57.6 Å². The van der Waals surface area contributed by atoms with E-state index < -0.39 is 0 Å². The van der Waals surface area contributed by atoms with Gasteiger partial charge in [0.2, 0.25) is 0 Å². The molecule has 1 unspecified atom stereocenters. The van der Waals surface area contributed by atoms with Gasteiger partial charge in [0.1, 0.15) is 5.75 Å². The van der Waals surface area contributed by atoms with Crippen LogP contribution in [-0.2, 0) is 6.42 Å². The zero-order valence-electron chi connectivity index (χ0n) is 14.2. The molecule has 0 saturated carbocycles. The zero-order valence-corrected chi connectivity index (χ0v) is 14.2. The van der Waals surface area contributed by atoms with E-state index in [0.717, 1.165) is 18.2 Å². The minimum atomic E-state index is 0.745. The van der Waals surface area contributed by atoms with Crippen molar-refractivity contribution in [3.05, 3.63) is 29.8 Å². The Morgan fingerprint density at radius 2 is 1.67 bits per heavy atom. The molecule has 0 aliphatic rings. The van der Waals surface area contributed by atoms with Gasteiger partial charge in [0, 0.05) is 0 Å². The van der Waals surface area contributed by atoms with E-state index in [1.807, 2.05) is 0 Å². The minimum Gasteiger partial charge on any atom is -0.497 e. The van der Waals surface area contributed by atoms with Crippen molar-refractivity contribution in [2.45, 2.75) is 58.3 Å². The molecule has 0 heterocycles. The van der Waals surface area contributed by atoms with Crippen molar-refractivity contribution in [1.29, 1.82) is 0 Å². The maximum atomic E-state index is 5.22. The molecule has 0 aliphatic heterocycles. The Kier molecular flexibility index (Phi) is 9.98. The lowest BCUT2D eigenvalue weighted by molar-refractivity contribution is 0.413. The number of hydrogen-bond donors (Lipinski definition) is 1. The second kappa shape index (κ2) is 11.6. The zero-order chi connectivity index (χ0) is 15.3. The summed E-state index contributed by atoms with van der Waals surface area (Å²) < 4.78 is 5.22. The summed E-state index contributed by atoms with van der Waals surface area (Å²) in [7, 11) is 3.78. The molecule has 0 amide bonds. The number of ether oxygens (including phenoxy) is 1. The molecule has 0 spiro atoms. The van der Waals surface area contributed by atoms with Crippen molar-refractivity contribution in [1.82, 2.24) is 5.32 Å². The number of methoxy groups -OCH3 is 1. The fourth-order valence-electron chi connectivity index (χ4n) is 2.87. The van der Waals surface area contributed by atoms with Gasteiger partial charge in [-0.15, -0.1) is 0 Å². The number of benzene rings is 1. The first-order valence-electron chi connectivity index (χ1n) is 8.57. The molecule has 0 aliphatic carbocycles. The van der Waals surface area contributed by atoms with Gasteiger partial charge >= 0.3 is 0 Å². The average molecular weight is 291 g/mol. The minimum absolute atomic E-state index is 0.745. The number of nitrogens with one attached hydrogen (secondary N) is 1. The summed E-state index contributed by atoms with van der Waals surface area (Å²) in [5.74, 6) is 1.69. The first-order chi connectivity index (χ1) is 10.3. The van der Waals surface area contributed by atoms with Crippen molar-refractivity contribution >= 4 is 0 Å². The van der Waals surface area contributed by atoms with Crippen LogP contribution in [0.2, 0.25) is 0 Å². The molecule has 0 saturated heterocycles. The maximum Gasteiger partial charge on any atom is 0.118 e. The van der Waals surface area contributed by atoms with Crippen LogP contribution in [0.5, 0.6) is 5.75 Å². The van der Waals surface area contributed by atoms with Crippen LogP contribution in [-0.4, -0.2) is 20.7 Å². The Labute approximate surface area is 131 Å². The van der Waals surface area contributed by atoms with Crippen molar-refractivity contribution in [3.8, 4) is 5.75 Å². The molecule has 0 aromatic heterocycles. The predicted molar refractivity (Wildman–Crippen MR) is 92.1 cm³/mol. The smallest absolute Gasteiger partial charge is 0.118 e. The Hall–Kier alpha value is -1.02. The van der Waals surface area contributed by atoms with Crippen LogP contribution >= 0.6 is 0 Å².